The summed E-state index contributed by atoms with van der Waals surface area (Å²) in [7, 11) is 0. The molecule has 0 aliphatic heterocycles. The van der Waals surface area contributed by atoms with Crippen molar-refractivity contribution in [2.45, 2.75) is 273 Å². The van der Waals surface area contributed by atoms with E-state index in [1.165, 1.54) is 129 Å². The van der Waals surface area contributed by atoms with Gasteiger partial charge in [0.1, 0.15) is 40.2 Å². The van der Waals surface area contributed by atoms with Gasteiger partial charge in [0, 0.05) is 140 Å². The van der Waals surface area contributed by atoms with Gasteiger partial charge in [-0.1, -0.05) is 42.5 Å². The largest absolute Gasteiger partial charge is 0.508 e. The van der Waals surface area contributed by atoms with Crippen LogP contribution in [0.1, 0.15) is 292 Å². The van der Waals surface area contributed by atoms with Gasteiger partial charge >= 0.3 is 0 Å². The van der Waals surface area contributed by atoms with Crippen LogP contribution in [0, 0.1) is 0 Å². The number of phenols is 7. The maximum Gasteiger partial charge on any atom is 0.121 e. The second-order valence-electron chi connectivity index (χ2n) is 33.7. The summed E-state index contributed by atoms with van der Waals surface area (Å²) in [5.41, 5.74) is -2.25. The average Bonchev–Trinajstić information content (AvgIpc) is 0.789. The smallest absolute Gasteiger partial charge is 0.121 e. The number of hydrogen-bond donors (Lipinski definition) is 28. The van der Waals surface area contributed by atoms with Crippen LogP contribution in [0.5, 0.6) is 40.2 Å². The van der Waals surface area contributed by atoms with Gasteiger partial charge in [-0.2, -0.15) is 0 Å². The molecule has 0 aliphatic carbocycles. The van der Waals surface area contributed by atoms with Gasteiger partial charge in [-0.25, -0.2) is 0 Å². The van der Waals surface area contributed by atoms with Crippen LogP contribution in [-0.4, -0.2) is 192 Å². The van der Waals surface area contributed by atoms with Crippen LogP contribution < -0.4 is 37.2 Å². The summed E-state index contributed by atoms with van der Waals surface area (Å²) in [5.74, 6) is -1.28. The molecular formula is C91H147N7O21. The summed E-state index contributed by atoms with van der Waals surface area (Å²) in [6.07, 6.45) is -11.2. The van der Waals surface area contributed by atoms with E-state index in [9.17, 15) is 81.7 Å². The molecule has 7 aromatic rings. The van der Waals surface area contributed by atoms with Gasteiger partial charge < -0.3 is 144 Å². The first-order valence-corrected chi connectivity index (χ1v) is 37.9. The summed E-state index contributed by atoms with van der Waals surface area (Å²) >= 11 is 0. The highest BCUT2D eigenvalue weighted by molar-refractivity contribution is 5.42. The number of rotatable bonds is 28. The molecule has 0 aliphatic rings. The third kappa shape index (κ3) is 46.2. The number of benzene rings is 7. The molecule has 7 rings (SSSR count). The Labute approximate surface area is 732 Å². The highest BCUT2D eigenvalue weighted by Gasteiger charge is 2.23. The van der Waals surface area contributed by atoms with Gasteiger partial charge in [0.15, 0.2) is 0 Å². The molecule has 28 nitrogen and oxygen atoms in total. The van der Waals surface area contributed by atoms with E-state index in [4.69, 9.17) is 51.6 Å². The lowest BCUT2D eigenvalue weighted by atomic mass is 10.0. The molecule has 7 aromatic carbocycles. The molecular weight excluding hydrogens is 1530 g/mol. The van der Waals surface area contributed by atoms with Crippen molar-refractivity contribution in [3.8, 4) is 40.2 Å². The standard InChI is InChI=1S/7C13H21NO3/c7*1-13(2,3)14-7-12(17)9-4-5-11(16)10(6-9)8-15/h7*4-6,12,14-17H,7-8H2,1-3H3/t7*12-/m0000000/s1/i8D2,12D;7D2,12D;1D3,7D2;12D;8D2;7D2;1D3. The molecule has 0 spiro atoms. The zero-order valence-corrected chi connectivity index (χ0v) is 71.7. The summed E-state index contributed by atoms with van der Waals surface area (Å²) in [5, 5.41) is 221. The second-order valence-corrected chi connectivity index (χ2v) is 33.7. The molecule has 0 bridgehead atoms. The highest BCUT2D eigenvalue weighted by atomic mass is 16.3. The number of hydrogen-bond acceptors (Lipinski definition) is 28. The van der Waals surface area contributed by atoms with Crippen molar-refractivity contribution in [3.63, 3.8) is 0 Å². The molecule has 0 saturated heterocycles. The Bertz CT molecular complexity index is 4950. The quantitative estimate of drug-likeness (QED) is 0.0217. The van der Waals surface area contributed by atoms with Crippen molar-refractivity contribution in [1.29, 1.82) is 0 Å². The molecule has 672 valence electrons. The van der Waals surface area contributed by atoms with Gasteiger partial charge in [-0.3, -0.25) is 0 Å². The molecule has 0 fully saturated rings. The minimum Gasteiger partial charge on any atom is -0.508 e. The zero-order chi connectivity index (χ0) is 108. The fourth-order valence-corrected chi connectivity index (χ4v) is 9.06. The van der Waals surface area contributed by atoms with Crippen molar-refractivity contribution >= 4 is 0 Å². The molecule has 7 atom stereocenters. The first-order chi connectivity index (χ1) is 61.9. The molecule has 0 saturated carbocycles. The van der Waals surface area contributed by atoms with Crippen molar-refractivity contribution in [2.75, 3.05) is 45.7 Å². The molecule has 0 unspecified atom stereocenters. The van der Waals surface area contributed by atoms with E-state index in [1.54, 1.807) is 55.4 Å². The van der Waals surface area contributed by atoms with Gasteiger partial charge in [0.2, 0.25) is 0 Å². The number of aromatic hydroxyl groups is 7. The summed E-state index contributed by atoms with van der Waals surface area (Å²) in [6.45, 7) is 15.1. The van der Waals surface area contributed by atoms with Crippen molar-refractivity contribution in [1.82, 2.24) is 37.2 Å². The Hall–Kier alpha value is -7.70. The Morgan fingerprint density at radius 1 is 0.252 bits per heavy atom. The molecule has 119 heavy (non-hydrogen) atoms. The zero-order valence-electron chi connectivity index (χ0n) is 90.7. The van der Waals surface area contributed by atoms with Crippen LogP contribution in [0.15, 0.2) is 127 Å². The molecule has 0 amide bonds. The summed E-state index contributed by atoms with van der Waals surface area (Å²) in [4.78, 5) is 0. The van der Waals surface area contributed by atoms with E-state index >= 15 is 0 Å². The Kier molecular flexibility index (Phi) is 34.4. The monoisotopic (exact) mass is 1690 g/mol. The lowest BCUT2D eigenvalue weighted by Gasteiger charge is -2.23. The van der Waals surface area contributed by atoms with E-state index in [-0.39, 0.29) is 135 Å². The maximum atomic E-state index is 10.3. The lowest BCUT2D eigenvalue weighted by Crippen LogP contribution is -2.38. The highest BCUT2D eigenvalue weighted by Crippen LogP contribution is 2.30. The van der Waals surface area contributed by atoms with Gasteiger partial charge in [0.05, 0.1) is 98.4 Å². The first-order valence-electron chi connectivity index (χ1n) is 47.4. The predicted octanol–water partition coefficient (Wildman–Crippen LogP) is 9.14. The fourth-order valence-electron chi connectivity index (χ4n) is 9.06. The Balaban J connectivity index is 0.000000806. The van der Waals surface area contributed by atoms with Crippen LogP contribution >= 0.6 is 0 Å². The third-order valence-electron chi connectivity index (χ3n) is 15.7. The minimum atomic E-state index is -2.74. The van der Waals surface area contributed by atoms with Crippen molar-refractivity contribution < 1.29 is 133 Å². The third-order valence-corrected chi connectivity index (χ3v) is 15.7. The number of aliphatic hydroxyl groups is 14. The Morgan fingerprint density at radius 2 is 0.445 bits per heavy atom. The van der Waals surface area contributed by atoms with E-state index in [0.29, 0.717) is 39.9 Å². The van der Waals surface area contributed by atoms with Crippen molar-refractivity contribution in [2.24, 2.45) is 0 Å². The summed E-state index contributed by atoms with van der Waals surface area (Å²) in [6, 6.07) is 27.9. The van der Waals surface area contributed by atoms with E-state index < -0.39 is 130 Å². The van der Waals surface area contributed by atoms with Gasteiger partial charge in [0.25, 0.3) is 0 Å². The molecule has 28 heteroatoms. The van der Waals surface area contributed by atoms with E-state index in [1.807, 2.05) is 62.3 Å². The van der Waals surface area contributed by atoms with Crippen LogP contribution in [0.25, 0.3) is 0 Å². The van der Waals surface area contributed by atoms with Crippen LogP contribution in [0.3, 0.4) is 0 Å². The summed E-state index contributed by atoms with van der Waals surface area (Å²) < 4.78 is 144. The number of aliphatic hydroxyl groups excluding tert-OH is 9. The van der Waals surface area contributed by atoms with Crippen LogP contribution in [0.4, 0.5) is 0 Å². The molecule has 0 radical (unpaired) electrons. The molecule has 0 heterocycles. The molecule has 28 N–H and O–H groups in total. The van der Waals surface area contributed by atoms with Gasteiger partial charge in [-0.15, -0.1) is 0 Å². The maximum absolute atomic E-state index is 10.3. The Morgan fingerprint density at radius 3 is 0.706 bits per heavy atom. The van der Waals surface area contributed by atoms with E-state index in [0.717, 1.165) is 12.1 Å². The minimum absolute atomic E-state index is 0.0409. The average molecular weight is 1690 g/mol. The predicted molar refractivity (Wildman–Crippen MR) is 467 cm³/mol. The van der Waals surface area contributed by atoms with Crippen LogP contribution in [-0.2, 0) is 46.2 Å². The van der Waals surface area contributed by atoms with Crippen LogP contribution in [0.2, 0.25) is 0 Å². The second kappa shape index (κ2) is 51.3. The number of β-amino-alcohol motifs (C(OH)–C–C–N with tert-alkyl or cyclic N) is 7. The molecule has 0 aromatic heterocycles. The van der Waals surface area contributed by atoms with E-state index in [2.05, 4.69) is 37.2 Å². The van der Waals surface area contributed by atoms with Crippen molar-refractivity contribution in [3.05, 3.63) is 205 Å². The lowest BCUT2D eigenvalue weighted by molar-refractivity contribution is 0.162. The fraction of sp³-hybridized carbons (Fsp3) is 0.538. The van der Waals surface area contributed by atoms with Gasteiger partial charge in [-0.05, 0) is 269 Å². The topological polar surface area (TPSA) is 509 Å². The number of nitrogens with one attached hydrogen (secondary N) is 7. The normalized spacial score (nSPS) is 17.7. The SMILES string of the molecule is [2H]C([2H])(NC(C)(C)C([2H])([2H])[2H])[C@H](O)c1ccc(O)c(CO)c1.[2H]C([2H])(NC(C)(C)C)[C@H](O)c1ccc(O)c(CO)c1.[2H]C([2H])(NC(C)(C)C)[C@]([2H])(O)c1ccc(O)c(CO)c1.[2H]C([2H])(O)c1cc([C@@H](O)CNC(C)(C)C)ccc1O.[2H]C([2H])(O)c1cc([C@@]([2H])(O)CNC(C)(C)C)ccc1O.[2H]C([2H])([2H])C(C)(C)NC[C@H](O)c1ccc(O)c(CO)c1.[2H][C@](O)(CNC(C)(C)C)c1ccc(O)c(CO)c1. The first kappa shape index (κ1) is 79.8.